The van der Waals surface area contributed by atoms with Crippen LogP contribution >= 0.6 is 0 Å². The lowest BCUT2D eigenvalue weighted by atomic mass is 9.72. The second-order valence-corrected chi connectivity index (χ2v) is 21.6. The van der Waals surface area contributed by atoms with Crippen molar-refractivity contribution >= 4 is 77.6 Å². The first kappa shape index (κ1) is 49.2. The minimum absolute atomic E-state index is 0.0258. The summed E-state index contributed by atoms with van der Waals surface area (Å²) >= 11 is 0. The molecule has 9 aromatic rings. The molecule has 14 rings (SSSR count). The van der Waals surface area contributed by atoms with Crippen molar-refractivity contribution in [2.75, 3.05) is 18.3 Å². The van der Waals surface area contributed by atoms with Crippen molar-refractivity contribution in [3.63, 3.8) is 0 Å². The molecule has 3 aromatic heterocycles. The number of ether oxygens (including phenoxy) is 3. The summed E-state index contributed by atoms with van der Waals surface area (Å²) in [5.41, 5.74) is 1.78. The zero-order valence-corrected chi connectivity index (χ0v) is 44.9. The molecule has 6 atom stereocenters. The highest BCUT2D eigenvalue weighted by atomic mass is 28.2. The minimum Gasteiger partial charge on any atom is -0.507 e. The number of aliphatic hydroxyl groups is 3. The van der Waals surface area contributed by atoms with Crippen LogP contribution in [-0.4, -0.2) is 137 Å². The number of fused-ring (bicyclic) bond motifs is 23. The van der Waals surface area contributed by atoms with Gasteiger partial charge in [-0.1, -0.05) is 97.1 Å². The van der Waals surface area contributed by atoms with Gasteiger partial charge in [0.1, 0.15) is 62.4 Å². The van der Waals surface area contributed by atoms with Crippen molar-refractivity contribution in [2.45, 2.75) is 62.4 Å². The lowest BCUT2D eigenvalue weighted by molar-refractivity contribution is -0.246. The SMILES string of the molecule is COc1cccc2c1C(=O)c1c(O)c3c(c(O)c1C2=O)C[C@@](O)(C(=O)CO)C[C@@H]3OC1CC(N([SiH3])c2cccc3c4nc5nc(nc6[nH]c(nc7nc(nc([nH]4)c23)-c2ccccc2-7)c2ccccc62)-c2ccccc2-5)C(O)C(C)O1. The molecule has 0 spiro atoms. The molecule has 3 aliphatic heterocycles. The molecule has 7 N–H and O–H groups in total. The molecule has 5 aliphatic rings. The summed E-state index contributed by atoms with van der Waals surface area (Å²) in [5, 5.41) is 61.5. The summed E-state index contributed by atoms with van der Waals surface area (Å²) in [6.45, 7) is 0.596. The van der Waals surface area contributed by atoms with E-state index in [1.807, 2.05) is 95.6 Å². The van der Waals surface area contributed by atoms with Crippen LogP contribution in [0.3, 0.4) is 0 Å². The predicted molar refractivity (Wildman–Crippen MR) is 296 cm³/mol. The number of benzene rings is 6. The van der Waals surface area contributed by atoms with E-state index >= 15 is 0 Å². The van der Waals surface area contributed by atoms with Gasteiger partial charge in [-0.2, -0.15) is 0 Å². The van der Waals surface area contributed by atoms with Crippen LogP contribution in [0.5, 0.6) is 17.2 Å². The van der Waals surface area contributed by atoms with Crippen molar-refractivity contribution in [1.82, 2.24) is 39.9 Å². The largest absolute Gasteiger partial charge is 0.507 e. The number of carbonyl (C=O) groups is 3. The van der Waals surface area contributed by atoms with Gasteiger partial charge in [-0.3, -0.25) is 14.4 Å². The Balaban J connectivity index is 0.906. The van der Waals surface area contributed by atoms with E-state index in [0.717, 1.165) is 33.0 Å². The van der Waals surface area contributed by atoms with Gasteiger partial charge in [0.2, 0.25) is 5.78 Å². The second kappa shape index (κ2) is 18.2. The summed E-state index contributed by atoms with van der Waals surface area (Å²) < 4.78 is 20.5. The Morgan fingerprint density at radius 1 is 0.700 bits per heavy atom. The molecule has 0 radical (unpaired) electrons. The summed E-state index contributed by atoms with van der Waals surface area (Å²) in [4.78, 5) is 79.7. The Kier molecular flexibility index (Phi) is 11.2. The van der Waals surface area contributed by atoms with E-state index < -0.39 is 95.7 Å². The molecule has 20 nitrogen and oxygen atoms in total. The number of carbonyl (C=O) groups excluding carboxylic acids is 3. The quantitative estimate of drug-likeness (QED) is 0.0710. The van der Waals surface area contributed by atoms with Gasteiger partial charge in [0.25, 0.3) is 0 Å². The molecule has 1 fully saturated rings. The van der Waals surface area contributed by atoms with E-state index in [2.05, 4.69) is 9.97 Å². The zero-order chi connectivity index (χ0) is 55.0. The monoisotopic (exact) mass is 1090 g/mol. The van der Waals surface area contributed by atoms with Crippen LogP contribution in [0, 0.1) is 0 Å². The van der Waals surface area contributed by atoms with Gasteiger partial charge in [0.15, 0.2) is 41.2 Å². The molecule has 6 aromatic carbocycles. The molecule has 21 heteroatoms. The van der Waals surface area contributed by atoms with Crippen molar-refractivity contribution in [1.29, 1.82) is 0 Å². The Morgan fingerprint density at radius 2 is 1.23 bits per heavy atom. The van der Waals surface area contributed by atoms with Gasteiger partial charge in [-0.05, 0) is 19.1 Å². The number of aromatic amines is 2. The molecule has 398 valence electrons. The number of nitrogens with one attached hydrogen (secondary N) is 2. The summed E-state index contributed by atoms with van der Waals surface area (Å²) in [7, 11) is 1.63. The number of anilines is 1. The molecule has 0 amide bonds. The number of rotatable bonds is 7. The van der Waals surface area contributed by atoms with Gasteiger partial charge in [0, 0.05) is 80.1 Å². The molecular formula is C59H47N9O11Si. The third kappa shape index (κ3) is 7.35. The van der Waals surface area contributed by atoms with Gasteiger partial charge < -0.3 is 54.3 Å². The molecule has 0 saturated carbocycles. The van der Waals surface area contributed by atoms with Crippen LogP contribution in [0.25, 0.3) is 89.7 Å². The molecule has 1 saturated heterocycles. The number of phenols is 2. The predicted octanol–water partition coefficient (Wildman–Crippen LogP) is 6.01. The van der Waals surface area contributed by atoms with E-state index in [9.17, 15) is 39.9 Å². The summed E-state index contributed by atoms with van der Waals surface area (Å²) in [6, 6.07) is 32.7. The van der Waals surface area contributed by atoms with Gasteiger partial charge in [-0.25, -0.2) is 29.9 Å². The van der Waals surface area contributed by atoms with Crippen molar-refractivity contribution in [2.24, 2.45) is 0 Å². The number of H-pyrrole nitrogens is 2. The number of aromatic hydroxyl groups is 2. The fourth-order valence-electron chi connectivity index (χ4n) is 12.2. The highest BCUT2D eigenvalue weighted by Gasteiger charge is 2.51. The third-order valence-corrected chi connectivity index (χ3v) is 17.3. The van der Waals surface area contributed by atoms with Crippen molar-refractivity contribution in [3.8, 4) is 62.8 Å². The number of phenolic OH excluding ortho intramolecular Hbond substituents is 2. The Labute approximate surface area is 455 Å². The van der Waals surface area contributed by atoms with Crippen LogP contribution in [-0.2, 0) is 20.7 Å². The minimum atomic E-state index is -2.36. The fraction of sp³-hybridized carbons (Fsp3) is 0.203. The molecule has 6 heterocycles. The number of aliphatic hydroxyl groups excluding tert-OH is 2. The van der Waals surface area contributed by atoms with Crippen LogP contribution in [0.1, 0.15) is 68.8 Å². The lowest BCUT2D eigenvalue weighted by Crippen LogP contribution is -2.55. The Bertz CT molecular complexity index is 4390. The van der Waals surface area contributed by atoms with Gasteiger partial charge >= 0.3 is 0 Å². The van der Waals surface area contributed by atoms with Crippen LogP contribution < -0.4 is 9.30 Å². The molecular weight excluding hydrogens is 1040 g/mol. The van der Waals surface area contributed by atoms with Crippen molar-refractivity contribution < 1.29 is 54.1 Å². The molecule has 80 heavy (non-hydrogen) atoms. The normalized spacial score (nSPS) is 20.9. The second-order valence-electron chi connectivity index (χ2n) is 20.6. The number of Topliss-reactive ketones (excluding diaryl/α,β-unsaturated/α-hetero) is 1. The number of hydrogen-bond donors (Lipinski definition) is 7. The van der Waals surface area contributed by atoms with E-state index in [1.165, 1.54) is 25.3 Å². The average Bonchev–Trinajstić information content (AvgIpc) is 4.33. The van der Waals surface area contributed by atoms with E-state index in [4.69, 9.17) is 44.1 Å². The maximum absolute atomic E-state index is 14.4. The summed E-state index contributed by atoms with van der Waals surface area (Å²) in [5.74, 6) is -2.26. The smallest absolute Gasteiger partial charge is 0.202 e. The van der Waals surface area contributed by atoms with E-state index in [-0.39, 0.29) is 34.4 Å². The topological polar surface area (TPSA) is 292 Å². The van der Waals surface area contributed by atoms with Gasteiger partial charge in [0.05, 0.1) is 53.5 Å². The third-order valence-electron chi connectivity index (χ3n) is 16.2. The number of methoxy groups -OCH3 is 1. The summed E-state index contributed by atoms with van der Waals surface area (Å²) in [6.07, 6.45) is -5.91. The first-order chi connectivity index (χ1) is 38.7. The Morgan fingerprint density at radius 3 is 1.82 bits per heavy atom. The van der Waals surface area contributed by atoms with E-state index in [1.54, 1.807) is 6.92 Å². The number of aromatic nitrogens is 8. The van der Waals surface area contributed by atoms with Crippen LogP contribution in [0.2, 0.25) is 0 Å². The first-order valence-corrected chi connectivity index (χ1v) is 26.8. The van der Waals surface area contributed by atoms with Crippen molar-refractivity contribution in [3.05, 3.63) is 143 Å². The highest BCUT2D eigenvalue weighted by Crippen LogP contribution is 2.53. The van der Waals surface area contributed by atoms with Gasteiger partial charge in [-0.15, -0.1) is 0 Å². The van der Waals surface area contributed by atoms with Crippen LogP contribution in [0.15, 0.2) is 109 Å². The van der Waals surface area contributed by atoms with E-state index in [0.29, 0.717) is 72.8 Å². The highest BCUT2D eigenvalue weighted by molar-refractivity contribution is 6.31. The maximum Gasteiger partial charge on any atom is 0.202 e. The Hall–Kier alpha value is -9.09. The number of hydrogen-bond acceptors (Lipinski definition) is 18. The lowest BCUT2D eigenvalue weighted by Gasteiger charge is -2.45. The molecule has 4 unspecified atom stereocenters. The number of nitrogens with zero attached hydrogens (tertiary/aromatic N) is 7. The molecule has 8 bridgehead atoms. The van der Waals surface area contributed by atoms with Crippen LogP contribution in [0.4, 0.5) is 5.69 Å². The zero-order valence-electron chi connectivity index (χ0n) is 42.9. The maximum atomic E-state index is 14.4. The fourth-order valence-corrected chi connectivity index (χ4v) is 13.1. The molecule has 2 aliphatic carbocycles. The standard InChI is InChI=1S/C59H47N9O11Si/c1-25-46(71)36(21-40(78-25)79-38-23-59(76,39(70)24-69)22-34-43(38)50(75)45-44(48(34)73)47(72)32-17-10-20-37(77-2)42(32)49(45)74)68(80)35-19-9-18-33-41(35)58-66-56-31-16-8-7-15-30(31)54(64-56)62-52-27-12-4-3-11-26(27)51(60-52)61-53-28-13-5-6-14-29(28)55(63-53)65-57(33)67-58/h3-20,25,36,38,40,46,69,71,73,75-76H,21-24H2,1-2,80H3,(H2,60,61,62,63,64,65,66,67)/t25?,36?,38-,40?,46?,59-/m0/s1. The number of ketones is 3. The first-order valence-electron chi connectivity index (χ1n) is 25.9. The average molecular weight is 1090 g/mol.